The topological polar surface area (TPSA) is 60.1 Å². The minimum Gasteiger partial charge on any atom is -0.346 e. The van der Waals surface area contributed by atoms with Crippen molar-refractivity contribution in [2.24, 2.45) is 0 Å². The standard InChI is InChI=1S/C16H21N3O2/c1-16(2,3)17-11-15-5-4-10-18(15)12-13-6-8-14(9-7-13)19(20)21/h4-10,17H,11-12H2,1-3H3. The lowest BCUT2D eigenvalue weighted by Crippen LogP contribution is -2.35. The van der Waals surface area contributed by atoms with Crippen LogP contribution in [0.15, 0.2) is 42.6 Å². The van der Waals surface area contributed by atoms with E-state index in [1.165, 1.54) is 5.69 Å². The highest BCUT2D eigenvalue weighted by Gasteiger charge is 2.10. The normalized spacial score (nSPS) is 11.6. The van der Waals surface area contributed by atoms with Gasteiger partial charge in [0.15, 0.2) is 0 Å². The summed E-state index contributed by atoms with van der Waals surface area (Å²) in [5.74, 6) is 0. The molecule has 0 saturated carbocycles. The van der Waals surface area contributed by atoms with Crippen molar-refractivity contribution in [3.63, 3.8) is 0 Å². The molecule has 21 heavy (non-hydrogen) atoms. The van der Waals surface area contributed by atoms with Gasteiger partial charge in [-0.25, -0.2) is 0 Å². The van der Waals surface area contributed by atoms with E-state index >= 15 is 0 Å². The summed E-state index contributed by atoms with van der Waals surface area (Å²) in [6.07, 6.45) is 2.03. The number of non-ortho nitro benzene ring substituents is 1. The number of hydrogen-bond acceptors (Lipinski definition) is 3. The van der Waals surface area contributed by atoms with Crippen molar-refractivity contribution in [2.45, 2.75) is 39.4 Å². The van der Waals surface area contributed by atoms with Crippen LogP contribution >= 0.6 is 0 Å². The van der Waals surface area contributed by atoms with Gasteiger partial charge < -0.3 is 9.88 Å². The summed E-state index contributed by atoms with van der Waals surface area (Å²) in [6, 6.07) is 10.8. The van der Waals surface area contributed by atoms with Crippen molar-refractivity contribution in [1.29, 1.82) is 0 Å². The highest BCUT2D eigenvalue weighted by atomic mass is 16.6. The Morgan fingerprint density at radius 1 is 1.19 bits per heavy atom. The largest absolute Gasteiger partial charge is 0.346 e. The van der Waals surface area contributed by atoms with Gasteiger partial charge in [-0.15, -0.1) is 0 Å². The highest BCUT2D eigenvalue weighted by Crippen LogP contribution is 2.14. The second-order valence-electron chi connectivity index (χ2n) is 6.15. The molecule has 112 valence electrons. The summed E-state index contributed by atoms with van der Waals surface area (Å²) in [6.45, 7) is 7.92. The first-order valence-electron chi connectivity index (χ1n) is 6.97. The van der Waals surface area contributed by atoms with Gasteiger partial charge in [-0.1, -0.05) is 12.1 Å². The molecule has 0 aliphatic carbocycles. The Hall–Kier alpha value is -2.14. The van der Waals surface area contributed by atoms with Crippen LogP contribution in [0.1, 0.15) is 32.0 Å². The van der Waals surface area contributed by atoms with Gasteiger partial charge in [0.05, 0.1) is 4.92 Å². The van der Waals surface area contributed by atoms with Crippen molar-refractivity contribution >= 4 is 5.69 Å². The van der Waals surface area contributed by atoms with Crippen LogP contribution < -0.4 is 5.32 Å². The fraction of sp³-hybridized carbons (Fsp3) is 0.375. The van der Waals surface area contributed by atoms with Gasteiger partial charge in [-0.2, -0.15) is 0 Å². The minimum absolute atomic E-state index is 0.0719. The number of benzene rings is 1. The van der Waals surface area contributed by atoms with Crippen LogP contribution in [0.3, 0.4) is 0 Å². The molecule has 0 fully saturated rings. The number of aromatic nitrogens is 1. The minimum atomic E-state index is -0.377. The van der Waals surface area contributed by atoms with Crippen LogP contribution in [0.5, 0.6) is 0 Å². The van der Waals surface area contributed by atoms with E-state index in [4.69, 9.17) is 0 Å². The maximum atomic E-state index is 10.7. The highest BCUT2D eigenvalue weighted by molar-refractivity contribution is 5.33. The van der Waals surface area contributed by atoms with Crippen LogP contribution in [0.2, 0.25) is 0 Å². The lowest BCUT2D eigenvalue weighted by molar-refractivity contribution is -0.384. The summed E-state index contributed by atoms with van der Waals surface area (Å²) in [5, 5.41) is 14.1. The molecule has 5 heteroatoms. The molecular weight excluding hydrogens is 266 g/mol. The molecule has 0 amide bonds. The van der Waals surface area contributed by atoms with Gasteiger partial charge in [-0.05, 0) is 38.5 Å². The molecule has 0 bridgehead atoms. The Morgan fingerprint density at radius 3 is 2.43 bits per heavy atom. The molecule has 0 aliphatic rings. The van der Waals surface area contributed by atoms with E-state index in [9.17, 15) is 10.1 Å². The summed E-state index contributed by atoms with van der Waals surface area (Å²) < 4.78 is 2.15. The molecule has 0 atom stereocenters. The third-order valence-corrected chi connectivity index (χ3v) is 3.22. The van der Waals surface area contributed by atoms with Crippen molar-refractivity contribution in [2.75, 3.05) is 0 Å². The van der Waals surface area contributed by atoms with Crippen LogP contribution in [-0.2, 0) is 13.1 Å². The molecule has 0 unspecified atom stereocenters. The number of nitro groups is 1. The van der Waals surface area contributed by atoms with Crippen molar-refractivity contribution < 1.29 is 4.92 Å². The molecule has 5 nitrogen and oxygen atoms in total. The number of nitrogens with zero attached hydrogens (tertiary/aromatic N) is 2. The first-order chi connectivity index (χ1) is 9.85. The SMILES string of the molecule is CC(C)(C)NCc1cccn1Cc1ccc([N+](=O)[O-])cc1. The third kappa shape index (κ3) is 4.43. The molecule has 1 heterocycles. The van der Waals surface area contributed by atoms with Crippen LogP contribution in [0.4, 0.5) is 5.69 Å². The Morgan fingerprint density at radius 2 is 1.86 bits per heavy atom. The second kappa shape index (κ2) is 6.10. The lowest BCUT2D eigenvalue weighted by Gasteiger charge is -2.21. The fourth-order valence-corrected chi connectivity index (χ4v) is 2.04. The predicted molar refractivity (Wildman–Crippen MR) is 83.2 cm³/mol. The lowest BCUT2D eigenvalue weighted by atomic mass is 10.1. The number of nitro benzene ring substituents is 1. The van der Waals surface area contributed by atoms with Crippen LogP contribution in [0, 0.1) is 10.1 Å². The van der Waals surface area contributed by atoms with E-state index in [2.05, 4.69) is 36.7 Å². The number of nitrogens with one attached hydrogen (secondary N) is 1. The quantitative estimate of drug-likeness (QED) is 0.677. The Balaban J connectivity index is 2.06. The average molecular weight is 287 g/mol. The third-order valence-electron chi connectivity index (χ3n) is 3.22. The zero-order valence-corrected chi connectivity index (χ0v) is 12.7. The molecule has 0 saturated heterocycles. The molecule has 0 spiro atoms. The van der Waals surface area contributed by atoms with Crippen LogP contribution in [0.25, 0.3) is 0 Å². The maximum Gasteiger partial charge on any atom is 0.269 e. The number of hydrogen-bond donors (Lipinski definition) is 1. The van der Waals surface area contributed by atoms with E-state index in [1.807, 2.05) is 12.3 Å². The van der Waals surface area contributed by atoms with E-state index < -0.39 is 0 Å². The fourth-order valence-electron chi connectivity index (χ4n) is 2.04. The first kappa shape index (κ1) is 15.3. The van der Waals surface area contributed by atoms with E-state index in [0.717, 1.165) is 12.1 Å². The maximum absolute atomic E-state index is 10.7. The van der Waals surface area contributed by atoms with Gasteiger partial charge in [0.2, 0.25) is 0 Å². The van der Waals surface area contributed by atoms with Crippen molar-refractivity contribution in [3.05, 3.63) is 64.0 Å². The monoisotopic (exact) mass is 287 g/mol. The summed E-state index contributed by atoms with van der Waals surface area (Å²) in [4.78, 5) is 10.3. The second-order valence-corrected chi connectivity index (χ2v) is 6.15. The van der Waals surface area contributed by atoms with Gasteiger partial charge in [0.1, 0.15) is 0 Å². The zero-order valence-electron chi connectivity index (χ0n) is 12.7. The first-order valence-corrected chi connectivity index (χ1v) is 6.97. The van der Waals surface area contributed by atoms with Gasteiger partial charge in [0.25, 0.3) is 5.69 Å². The van der Waals surface area contributed by atoms with Gasteiger partial charge in [0, 0.05) is 42.7 Å². The molecule has 1 aromatic heterocycles. The van der Waals surface area contributed by atoms with E-state index in [-0.39, 0.29) is 16.1 Å². The van der Waals surface area contributed by atoms with Crippen molar-refractivity contribution in [3.8, 4) is 0 Å². The summed E-state index contributed by atoms with van der Waals surface area (Å²) in [5.41, 5.74) is 2.44. The summed E-state index contributed by atoms with van der Waals surface area (Å²) >= 11 is 0. The molecule has 2 aromatic rings. The molecule has 0 radical (unpaired) electrons. The molecular formula is C16H21N3O2. The van der Waals surface area contributed by atoms with Gasteiger partial charge in [-0.3, -0.25) is 10.1 Å². The molecule has 1 N–H and O–H groups in total. The van der Waals surface area contributed by atoms with Gasteiger partial charge >= 0.3 is 0 Å². The van der Waals surface area contributed by atoms with E-state index in [0.29, 0.717) is 6.54 Å². The molecule has 0 aliphatic heterocycles. The predicted octanol–water partition coefficient (Wildman–Crippen LogP) is 3.33. The Labute approximate surface area is 124 Å². The van der Waals surface area contributed by atoms with Crippen molar-refractivity contribution in [1.82, 2.24) is 9.88 Å². The smallest absolute Gasteiger partial charge is 0.269 e. The molecule has 1 aromatic carbocycles. The molecule has 2 rings (SSSR count). The number of rotatable bonds is 5. The van der Waals surface area contributed by atoms with E-state index in [1.54, 1.807) is 24.3 Å². The summed E-state index contributed by atoms with van der Waals surface area (Å²) in [7, 11) is 0. The average Bonchev–Trinajstić information content (AvgIpc) is 2.83. The van der Waals surface area contributed by atoms with Crippen LogP contribution in [-0.4, -0.2) is 15.0 Å². The Kier molecular flexibility index (Phi) is 4.43. The Bertz CT molecular complexity index is 609. The zero-order chi connectivity index (χ0) is 15.5.